The van der Waals surface area contributed by atoms with Gasteiger partial charge in [-0.2, -0.15) is 0 Å². The molecule has 2 heterocycles. The molecular formula is C23H22Cl2N6O3. The monoisotopic (exact) mass is 500 g/mol. The first kappa shape index (κ1) is 23.7. The minimum Gasteiger partial charge on any atom is -0.495 e. The molecule has 2 aromatic heterocycles. The maximum absolute atomic E-state index is 13.1. The number of amides is 1. The first-order valence-electron chi connectivity index (χ1n) is 10.4. The first-order valence-corrected chi connectivity index (χ1v) is 11.1. The van der Waals surface area contributed by atoms with E-state index in [1.807, 2.05) is 6.92 Å². The number of halogens is 2. The molecule has 0 aliphatic rings. The Balaban J connectivity index is 1.77. The molecule has 3 N–H and O–H groups in total. The lowest BCUT2D eigenvalue weighted by molar-refractivity contribution is 0.102. The molecular weight excluding hydrogens is 479 g/mol. The van der Waals surface area contributed by atoms with Crippen molar-refractivity contribution in [3.05, 3.63) is 58.1 Å². The number of benzene rings is 2. The van der Waals surface area contributed by atoms with Gasteiger partial charge in [0.05, 0.1) is 41.0 Å². The highest BCUT2D eigenvalue weighted by Gasteiger charge is 2.23. The second-order valence-corrected chi connectivity index (χ2v) is 7.93. The summed E-state index contributed by atoms with van der Waals surface area (Å²) in [6, 6.07) is 4.97. The van der Waals surface area contributed by atoms with Gasteiger partial charge in [-0.1, -0.05) is 36.2 Å². The number of H-pyrrole nitrogens is 1. The molecule has 0 fully saturated rings. The average molecular weight is 501 g/mol. The Bertz CT molecular complexity index is 1330. The third-order valence-corrected chi connectivity index (χ3v) is 5.88. The number of fused-ring (bicyclic) bond motifs is 1. The second-order valence-electron chi connectivity index (χ2n) is 7.17. The van der Waals surface area contributed by atoms with Crippen molar-refractivity contribution < 1.29 is 14.3 Å². The number of anilines is 1. The molecule has 11 heteroatoms. The summed E-state index contributed by atoms with van der Waals surface area (Å²) in [5.41, 5.74) is 2.98. The number of imidazole rings is 1. The fourth-order valence-electron chi connectivity index (χ4n) is 3.51. The lowest BCUT2D eigenvalue weighted by Crippen LogP contribution is -2.15. The molecule has 0 aliphatic heterocycles. The summed E-state index contributed by atoms with van der Waals surface area (Å²) >= 11 is 13.2. The fourth-order valence-corrected chi connectivity index (χ4v) is 4.21. The first-order chi connectivity index (χ1) is 16.5. The minimum atomic E-state index is -0.387. The topological polar surface area (TPSA) is 114 Å². The molecule has 0 bridgehead atoms. The van der Waals surface area contributed by atoms with Gasteiger partial charge in [-0.25, -0.2) is 4.98 Å². The molecule has 0 saturated carbocycles. The predicted octanol–water partition coefficient (Wildman–Crippen LogP) is 4.71. The van der Waals surface area contributed by atoms with E-state index in [1.165, 1.54) is 26.6 Å². The van der Waals surface area contributed by atoms with Crippen LogP contribution in [0.2, 0.25) is 10.0 Å². The van der Waals surface area contributed by atoms with Gasteiger partial charge in [0, 0.05) is 42.3 Å². The second kappa shape index (κ2) is 10.3. The number of ether oxygens (including phenoxy) is 2. The number of hydrogen-bond donors (Lipinski definition) is 3. The zero-order chi connectivity index (χ0) is 24.2. The lowest BCUT2D eigenvalue weighted by Gasteiger charge is -2.16. The number of carbonyl (C=O) groups excluding carboxylic acids is 1. The van der Waals surface area contributed by atoms with Crippen molar-refractivity contribution in [2.24, 2.45) is 0 Å². The third-order valence-electron chi connectivity index (χ3n) is 5.13. The molecule has 176 valence electrons. The van der Waals surface area contributed by atoms with Gasteiger partial charge in [0.25, 0.3) is 5.91 Å². The number of rotatable bonds is 8. The number of carbonyl (C=O) groups is 1. The van der Waals surface area contributed by atoms with E-state index in [-0.39, 0.29) is 5.91 Å². The molecule has 0 radical (unpaired) electrons. The Hall–Kier alpha value is -3.40. The van der Waals surface area contributed by atoms with E-state index in [0.717, 1.165) is 12.2 Å². The summed E-state index contributed by atoms with van der Waals surface area (Å²) in [6.07, 6.45) is 4.78. The maximum Gasteiger partial charge on any atom is 0.260 e. The summed E-state index contributed by atoms with van der Waals surface area (Å²) in [7, 11) is 3.00. The van der Waals surface area contributed by atoms with Crippen LogP contribution in [-0.4, -0.2) is 46.6 Å². The van der Waals surface area contributed by atoms with E-state index in [9.17, 15) is 4.79 Å². The molecule has 34 heavy (non-hydrogen) atoms. The summed E-state index contributed by atoms with van der Waals surface area (Å²) in [5, 5.41) is 6.54. The standard InChI is InChI=1S/C23H22Cl2N6O3/c1-4-26-10-12-11-29-23(30-12)31-22(32)14-6-5-13(20-21(14)28-8-7-27-20)17-18(24)15(33-2)9-16(34-3)19(17)25/h5-9,11,26H,4,10H2,1-3H3,(H2,29,30,31,32). The quantitative estimate of drug-likeness (QED) is 0.321. The third kappa shape index (κ3) is 4.50. The molecule has 0 aliphatic carbocycles. The Labute approximate surface area is 205 Å². The number of aromatic amines is 1. The molecule has 1 amide bonds. The molecule has 4 rings (SSSR count). The molecule has 0 atom stereocenters. The molecule has 2 aromatic carbocycles. The lowest BCUT2D eigenvalue weighted by atomic mass is 9.99. The summed E-state index contributed by atoms with van der Waals surface area (Å²) < 4.78 is 10.8. The van der Waals surface area contributed by atoms with Crippen molar-refractivity contribution in [3.63, 3.8) is 0 Å². The average Bonchev–Trinajstić information content (AvgIpc) is 3.30. The molecule has 9 nitrogen and oxygen atoms in total. The zero-order valence-corrected chi connectivity index (χ0v) is 20.2. The Morgan fingerprint density at radius 1 is 1.06 bits per heavy atom. The maximum atomic E-state index is 13.1. The van der Waals surface area contributed by atoms with Gasteiger partial charge in [-0.15, -0.1) is 0 Å². The van der Waals surface area contributed by atoms with Gasteiger partial charge >= 0.3 is 0 Å². The Morgan fingerprint density at radius 3 is 2.38 bits per heavy atom. The smallest absolute Gasteiger partial charge is 0.260 e. The summed E-state index contributed by atoms with van der Waals surface area (Å²) in [4.78, 5) is 29.3. The van der Waals surface area contributed by atoms with Gasteiger partial charge in [0.15, 0.2) is 0 Å². The zero-order valence-electron chi connectivity index (χ0n) is 18.7. The summed E-state index contributed by atoms with van der Waals surface area (Å²) in [5.74, 6) is 0.732. The van der Waals surface area contributed by atoms with Crippen molar-refractivity contribution in [1.82, 2.24) is 25.3 Å². The van der Waals surface area contributed by atoms with Crippen molar-refractivity contribution >= 4 is 46.1 Å². The SMILES string of the molecule is CCNCc1c[nH]c(NC(=O)c2ccc(-c3c(Cl)c(OC)cc(OC)c3Cl)c3nccnc23)n1. The highest BCUT2D eigenvalue weighted by Crippen LogP contribution is 2.47. The van der Waals surface area contributed by atoms with E-state index < -0.39 is 0 Å². The van der Waals surface area contributed by atoms with E-state index in [1.54, 1.807) is 24.4 Å². The Morgan fingerprint density at radius 2 is 1.74 bits per heavy atom. The van der Waals surface area contributed by atoms with Crippen molar-refractivity contribution in [2.45, 2.75) is 13.5 Å². The minimum absolute atomic E-state index is 0.293. The van der Waals surface area contributed by atoms with Crippen LogP contribution in [-0.2, 0) is 6.54 Å². The van der Waals surface area contributed by atoms with Crippen LogP contribution in [0.3, 0.4) is 0 Å². The highest BCUT2D eigenvalue weighted by atomic mass is 35.5. The van der Waals surface area contributed by atoms with Gasteiger partial charge in [-0.3, -0.25) is 20.1 Å². The summed E-state index contributed by atoms with van der Waals surface area (Å²) in [6.45, 7) is 3.42. The van der Waals surface area contributed by atoms with Gasteiger partial charge < -0.3 is 19.8 Å². The van der Waals surface area contributed by atoms with Crippen molar-refractivity contribution in [2.75, 3.05) is 26.1 Å². The number of nitrogens with zero attached hydrogens (tertiary/aromatic N) is 3. The van der Waals surface area contributed by atoms with Crippen LogP contribution in [0, 0.1) is 0 Å². The molecule has 0 saturated heterocycles. The van der Waals surface area contributed by atoms with Crippen LogP contribution in [0.25, 0.3) is 22.2 Å². The number of methoxy groups -OCH3 is 2. The van der Waals surface area contributed by atoms with Gasteiger partial charge in [-0.05, 0) is 12.6 Å². The van der Waals surface area contributed by atoms with Crippen LogP contribution in [0.1, 0.15) is 23.0 Å². The van der Waals surface area contributed by atoms with Gasteiger partial charge in [0.1, 0.15) is 17.0 Å². The van der Waals surface area contributed by atoms with E-state index in [2.05, 4.69) is 30.6 Å². The largest absolute Gasteiger partial charge is 0.495 e. The fraction of sp³-hybridized carbons (Fsp3) is 0.217. The van der Waals surface area contributed by atoms with E-state index in [0.29, 0.717) is 61.8 Å². The van der Waals surface area contributed by atoms with Crippen LogP contribution >= 0.6 is 23.2 Å². The van der Waals surface area contributed by atoms with Gasteiger partial charge in [0.2, 0.25) is 5.95 Å². The predicted molar refractivity (Wildman–Crippen MR) is 132 cm³/mol. The number of aromatic nitrogens is 4. The van der Waals surface area contributed by atoms with Crippen LogP contribution < -0.4 is 20.1 Å². The van der Waals surface area contributed by atoms with Crippen LogP contribution in [0.5, 0.6) is 11.5 Å². The number of nitrogens with one attached hydrogen (secondary N) is 3. The molecule has 4 aromatic rings. The van der Waals surface area contributed by atoms with E-state index in [4.69, 9.17) is 32.7 Å². The highest BCUT2D eigenvalue weighted by molar-refractivity contribution is 6.41. The van der Waals surface area contributed by atoms with Crippen molar-refractivity contribution in [1.29, 1.82) is 0 Å². The number of hydrogen-bond acceptors (Lipinski definition) is 7. The normalized spacial score (nSPS) is 11.0. The van der Waals surface area contributed by atoms with Crippen LogP contribution in [0.15, 0.2) is 36.8 Å². The van der Waals surface area contributed by atoms with Crippen molar-refractivity contribution in [3.8, 4) is 22.6 Å². The molecule has 0 unspecified atom stereocenters. The van der Waals surface area contributed by atoms with Crippen LogP contribution in [0.4, 0.5) is 5.95 Å². The molecule has 0 spiro atoms. The Kier molecular flexibility index (Phi) is 7.16. The van der Waals surface area contributed by atoms with E-state index >= 15 is 0 Å².